The molecule has 1 saturated carbocycles. The van der Waals surface area contributed by atoms with Gasteiger partial charge in [0, 0.05) is 32.7 Å². The maximum atomic E-state index is 14.0. The third-order valence-electron chi connectivity index (χ3n) is 7.88. The molecule has 0 unspecified atom stereocenters. The fourth-order valence-electron chi connectivity index (χ4n) is 5.61. The van der Waals surface area contributed by atoms with Gasteiger partial charge in [-0.1, -0.05) is 6.07 Å². The van der Waals surface area contributed by atoms with Crippen LogP contribution in [0.4, 0.5) is 26.7 Å². The van der Waals surface area contributed by atoms with Crippen LogP contribution in [0.3, 0.4) is 0 Å². The van der Waals surface area contributed by atoms with Crippen molar-refractivity contribution in [2.24, 2.45) is 5.92 Å². The van der Waals surface area contributed by atoms with Gasteiger partial charge >= 0.3 is 12.2 Å². The van der Waals surface area contributed by atoms with Gasteiger partial charge in [-0.2, -0.15) is 18.3 Å². The number of nitrogens with one attached hydrogen (secondary N) is 2. The second-order valence-electron chi connectivity index (χ2n) is 10.6. The van der Waals surface area contributed by atoms with Crippen LogP contribution >= 0.6 is 0 Å². The van der Waals surface area contributed by atoms with Gasteiger partial charge in [0.15, 0.2) is 5.58 Å². The number of hydrogen-bond acceptors (Lipinski definition) is 6. The van der Waals surface area contributed by atoms with Gasteiger partial charge in [0.2, 0.25) is 11.8 Å². The molecule has 1 saturated heterocycles. The fraction of sp³-hybridized carbons (Fsp3) is 0.556. The summed E-state index contributed by atoms with van der Waals surface area (Å²) in [5.74, 6) is -3.51. The Kier molecular flexibility index (Phi) is 8.14. The van der Waals surface area contributed by atoms with Crippen LogP contribution < -0.4 is 10.6 Å². The number of aromatic nitrogens is 3. The van der Waals surface area contributed by atoms with Gasteiger partial charge in [-0.05, 0) is 49.4 Å². The zero-order chi connectivity index (χ0) is 30.2. The van der Waals surface area contributed by atoms with E-state index in [1.165, 1.54) is 18.0 Å². The Balaban J connectivity index is 1.45. The van der Waals surface area contributed by atoms with Crippen molar-refractivity contribution in [3.8, 4) is 0 Å². The molecule has 15 heteroatoms. The van der Waals surface area contributed by atoms with Crippen molar-refractivity contribution in [1.29, 1.82) is 0 Å². The number of carbonyl (C=O) groups excluding carboxylic acids is 2. The average molecular weight is 599 g/mol. The molecule has 1 aromatic carbocycles. The molecule has 5 rings (SSSR count). The van der Waals surface area contributed by atoms with Crippen LogP contribution in [0.15, 0.2) is 34.9 Å². The van der Waals surface area contributed by atoms with Crippen molar-refractivity contribution in [3.05, 3.63) is 47.6 Å². The molecule has 0 bridgehead atoms. The van der Waals surface area contributed by atoms with Crippen molar-refractivity contribution in [3.63, 3.8) is 0 Å². The Morgan fingerprint density at radius 2 is 2.00 bits per heavy atom. The molecule has 2 aromatic heterocycles. The number of alkyl halides is 5. The van der Waals surface area contributed by atoms with Gasteiger partial charge in [-0.15, -0.1) is 0 Å². The molecule has 0 spiro atoms. The average Bonchev–Trinajstić information content (AvgIpc) is 3.68. The highest BCUT2D eigenvalue weighted by atomic mass is 19.4. The van der Waals surface area contributed by atoms with E-state index in [0.717, 1.165) is 4.90 Å². The van der Waals surface area contributed by atoms with E-state index in [1.807, 2.05) is 12.2 Å². The number of rotatable bonds is 9. The summed E-state index contributed by atoms with van der Waals surface area (Å²) in [6.07, 6.45) is -3.52. The number of oxazole rings is 1. The first-order chi connectivity index (χ1) is 19.9. The lowest BCUT2D eigenvalue weighted by atomic mass is 9.82. The van der Waals surface area contributed by atoms with Gasteiger partial charge in [0.1, 0.15) is 23.3 Å². The molecule has 3 atom stereocenters. The summed E-state index contributed by atoms with van der Waals surface area (Å²) >= 11 is 0. The van der Waals surface area contributed by atoms with E-state index in [0.29, 0.717) is 28.9 Å². The summed E-state index contributed by atoms with van der Waals surface area (Å²) < 4.78 is 80.6. The Bertz CT molecular complexity index is 1430. The van der Waals surface area contributed by atoms with Crippen LogP contribution in [0, 0.1) is 5.92 Å². The third kappa shape index (κ3) is 6.05. The first-order valence-corrected chi connectivity index (χ1v) is 13.6. The lowest BCUT2D eigenvalue weighted by Crippen LogP contribution is -2.40. The van der Waals surface area contributed by atoms with E-state index < -0.39 is 48.7 Å². The normalized spacial score (nSPS) is 21.0. The second kappa shape index (κ2) is 11.5. The van der Waals surface area contributed by atoms with Crippen LogP contribution in [0.5, 0.6) is 0 Å². The lowest BCUT2D eigenvalue weighted by molar-refractivity contribution is -0.150. The number of amides is 3. The summed E-state index contributed by atoms with van der Waals surface area (Å²) in [7, 11) is 1.38. The molecule has 228 valence electrons. The number of fused-ring (bicyclic) bond motifs is 1. The molecule has 2 fully saturated rings. The van der Waals surface area contributed by atoms with Crippen LogP contribution in [-0.2, 0) is 11.3 Å². The minimum atomic E-state index is -4.61. The quantitative estimate of drug-likeness (QED) is 0.336. The maximum Gasteiger partial charge on any atom is 0.410 e. The number of hydrogen-bond donors (Lipinski definition) is 2. The summed E-state index contributed by atoms with van der Waals surface area (Å²) in [4.78, 5) is 31.3. The van der Waals surface area contributed by atoms with Gasteiger partial charge in [-0.3, -0.25) is 9.48 Å². The Morgan fingerprint density at radius 3 is 2.64 bits per heavy atom. The van der Waals surface area contributed by atoms with Crippen LogP contribution in [-0.4, -0.2) is 70.0 Å². The van der Waals surface area contributed by atoms with Crippen LogP contribution in [0.25, 0.3) is 11.1 Å². The Morgan fingerprint density at radius 1 is 1.26 bits per heavy atom. The maximum absolute atomic E-state index is 14.0. The predicted molar refractivity (Wildman–Crippen MR) is 139 cm³/mol. The molecule has 0 radical (unpaired) electrons. The van der Waals surface area contributed by atoms with E-state index >= 15 is 0 Å². The van der Waals surface area contributed by atoms with Crippen molar-refractivity contribution >= 4 is 23.0 Å². The molecule has 2 aliphatic rings. The largest absolute Gasteiger partial charge is 0.438 e. The highest BCUT2D eigenvalue weighted by Crippen LogP contribution is 2.42. The number of methoxy groups -OCH3 is 1. The minimum absolute atomic E-state index is 0.0751. The van der Waals surface area contributed by atoms with Gasteiger partial charge in [0.25, 0.3) is 5.91 Å². The molecular weight excluding hydrogens is 567 g/mol. The van der Waals surface area contributed by atoms with Crippen molar-refractivity contribution in [1.82, 2.24) is 30.3 Å². The molecule has 3 aromatic rings. The zero-order valence-corrected chi connectivity index (χ0v) is 23.0. The van der Waals surface area contributed by atoms with Crippen LogP contribution in [0.2, 0.25) is 0 Å². The number of nitrogens with zero attached hydrogens (tertiary/aromatic N) is 4. The molecule has 1 aliphatic heterocycles. The smallest absolute Gasteiger partial charge is 0.410 e. The zero-order valence-electron chi connectivity index (χ0n) is 23.0. The molecule has 3 amide bonds. The third-order valence-corrected chi connectivity index (χ3v) is 7.88. The molecule has 2 N–H and O–H groups in total. The van der Waals surface area contributed by atoms with E-state index in [4.69, 9.17) is 9.15 Å². The SMILES string of the molecule is CCn1nccc1C(=O)N[C@H](c1nc2cc([C@H](COC)N3C[C@@H](C(F)(F)F)NC3=O)ccc2o1)C1CCC(F)(F)CC1. The molecule has 42 heavy (non-hydrogen) atoms. The highest BCUT2D eigenvalue weighted by molar-refractivity contribution is 5.92. The minimum Gasteiger partial charge on any atom is -0.438 e. The fourth-order valence-corrected chi connectivity index (χ4v) is 5.61. The molecule has 3 heterocycles. The van der Waals surface area contributed by atoms with E-state index in [2.05, 4.69) is 15.4 Å². The Labute approximate surface area is 237 Å². The predicted octanol–water partition coefficient (Wildman–Crippen LogP) is 4.98. The summed E-state index contributed by atoms with van der Waals surface area (Å²) in [6, 6.07) is 1.75. The monoisotopic (exact) mass is 598 g/mol. The van der Waals surface area contributed by atoms with Gasteiger partial charge in [-0.25, -0.2) is 18.6 Å². The Hall–Kier alpha value is -3.75. The van der Waals surface area contributed by atoms with E-state index in [9.17, 15) is 31.5 Å². The molecular formula is C27H31F5N6O4. The molecule has 1 aliphatic carbocycles. The number of carbonyl (C=O) groups is 2. The summed E-state index contributed by atoms with van der Waals surface area (Å²) in [5, 5.41) is 8.98. The topological polar surface area (TPSA) is 115 Å². The molecule has 10 nitrogen and oxygen atoms in total. The van der Waals surface area contributed by atoms with Crippen molar-refractivity contribution < 1.29 is 40.7 Å². The number of aryl methyl sites for hydroxylation is 1. The van der Waals surface area contributed by atoms with Crippen LogP contribution in [0.1, 0.15) is 66.6 Å². The standard InChI is InChI=1S/C27H31F5N6O4/c1-3-38-18(8-11-33-38)23(39)36-22(15-6-9-26(28,29)10-7-15)24-34-17-12-16(4-5-20(17)42-24)19(14-41-2)37-13-21(27(30,31)32)35-25(37)40/h4-5,8,11-12,15,19,21-22H,3,6-7,9-10,13-14H2,1-2H3,(H,35,40)(H,36,39)/t19-,21-,22-/m0/s1. The second-order valence-corrected chi connectivity index (χ2v) is 10.6. The number of urea groups is 1. The lowest BCUT2D eigenvalue weighted by Gasteiger charge is -2.32. The summed E-state index contributed by atoms with van der Waals surface area (Å²) in [6.45, 7) is 1.61. The number of halogens is 5. The first-order valence-electron chi connectivity index (χ1n) is 13.6. The first kappa shape index (κ1) is 29.7. The van der Waals surface area contributed by atoms with Crippen molar-refractivity contribution in [2.75, 3.05) is 20.3 Å². The summed E-state index contributed by atoms with van der Waals surface area (Å²) in [5.41, 5.74) is 1.41. The number of ether oxygens (including phenoxy) is 1. The van der Waals surface area contributed by atoms with E-state index in [1.54, 1.807) is 24.3 Å². The van der Waals surface area contributed by atoms with Gasteiger partial charge < -0.3 is 24.7 Å². The number of benzene rings is 1. The van der Waals surface area contributed by atoms with Crippen molar-refractivity contribution in [2.45, 2.75) is 69.4 Å². The highest BCUT2D eigenvalue weighted by Gasteiger charge is 2.48. The van der Waals surface area contributed by atoms with Gasteiger partial charge in [0.05, 0.1) is 19.2 Å². The van der Waals surface area contributed by atoms with E-state index in [-0.39, 0.29) is 44.1 Å².